The molecule has 0 unspecified atom stereocenters. The van der Waals surface area contributed by atoms with Crippen LogP contribution in [0.3, 0.4) is 0 Å². The highest BCUT2D eigenvalue weighted by molar-refractivity contribution is 9.10. The summed E-state index contributed by atoms with van der Waals surface area (Å²) >= 11 is 8.98. The van der Waals surface area contributed by atoms with E-state index >= 15 is 0 Å². The number of aromatic nitrogens is 1. The standard InChI is InChI=1S/C9H12BrClN4O4S2/c10-7-5-8(9(11)13-6-7)20(16,17)14-1-3-15(4-2-14)21(12,18)19/h5-6H,1-4H2,(H2,12,18,19). The Hall–Kier alpha value is -0.300. The first kappa shape index (κ1) is 17.1. The molecule has 2 rings (SSSR count). The first-order valence-electron chi connectivity index (χ1n) is 5.71. The molecule has 0 aliphatic carbocycles. The number of nitrogens with zero attached hydrogens (tertiary/aromatic N) is 3. The Labute approximate surface area is 136 Å². The van der Waals surface area contributed by atoms with Gasteiger partial charge in [-0.15, -0.1) is 0 Å². The number of hydrogen-bond acceptors (Lipinski definition) is 5. The maximum Gasteiger partial charge on any atom is 0.276 e. The van der Waals surface area contributed by atoms with Crippen molar-refractivity contribution in [3.63, 3.8) is 0 Å². The summed E-state index contributed by atoms with van der Waals surface area (Å²) in [7, 11) is -7.65. The predicted octanol–water partition coefficient (Wildman–Crippen LogP) is 0.00730. The zero-order valence-electron chi connectivity index (χ0n) is 10.6. The van der Waals surface area contributed by atoms with Crippen molar-refractivity contribution < 1.29 is 16.8 Å². The van der Waals surface area contributed by atoms with Crippen molar-refractivity contribution in [2.75, 3.05) is 26.2 Å². The van der Waals surface area contributed by atoms with Crippen molar-refractivity contribution in [3.05, 3.63) is 21.9 Å². The van der Waals surface area contributed by atoms with Crippen LogP contribution >= 0.6 is 27.5 Å². The predicted molar refractivity (Wildman–Crippen MR) is 80.4 cm³/mol. The highest BCUT2D eigenvalue weighted by Gasteiger charge is 2.33. The van der Waals surface area contributed by atoms with Gasteiger partial charge in [-0.1, -0.05) is 11.6 Å². The van der Waals surface area contributed by atoms with Crippen LogP contribution in [-0.4, -0.2) is 56.6 Å². The lowest BCUT2D eigenvalue weighted by Gasteiger charge is -2.32. The molecule has 0 aromatic carbocycles. The summed E-state index contributed by atoms with van der Waals surface area (Å²) in [5, 5.41) is 4.88. The highest BCUT2D eigenvalue weighted by Crippen LogP contribution is 2.26. The van der Waals surface area contributed by atoms with E-state index in [0.29, 0.717) is 4.47 Å². The molecule has 2 heterocycles. The molecule has 1 aromatic heterocycles. The van der Waals surface area contributed by atoms with Gasteiger partial charge >= 0.3 is 0 Å². The minimum atomic E-state index is -3.84. The summed E-state index contributed by atoms with van der Waals surface area (Å²) < 4.78 is 50.1. The molecule has 0 bridgehead atoms. The third-order valence-corrected chi connectivity index (χ3v) is 6.79. The fourth-order valence-corrected chi connectivity index (χ4v) is 4.90. The summed E-state index contributed by atoms with van der Waals surface area (Å²) in [4.78, 5) is 3.66. The largest absolute Gasteiger partial charge is 0.276 e. The van der Waals surface area contributed by atoms with E-state index in [4.69, 9.17) is 16.7 Å². The van der Waals surface area contributed by atoms with Gasteiger partial charge in [-0.25, -0.2) is 18.5 Å². The fraction of sp³-hybridized carbons (Fsp3) is 0.444. The van der Waals surface area contributed by atoms with Gasteiger partial charge in [0.2, 0.25) is 10.0 Å². The third-order valence-electron chi connectivity index (χ3n) is 2.95. The summed E-state index contributed by atoms with van der Waals surface area (Å²) in [6, 6.07) is 1.36. The van der Waals surface area contributed by atoms with Crippen LogP contribution < -0.4 is 5.14 Å². The van der Waals surface area contributed by atoms with Crippen LogP contribution in [0, 0.1) is 0 Å². The minimum absolute atomic E-state index is 0.00159. The van der Waals surface area contributed by atoms with Crippen LogP contribution in [0.25, 0.3) is 0 Å². The molecule has 1 fully saturated rings. The first-order chi connectivity index (χ1) is 9.62. The van der Waals surface area contributed by atoms with Crippen LogP contribution in [0.2, 0.25) is 5.15 Å². The van der Waals surface area contributed by atoms with E-state index in [0.717, 1.165) is 8.61 Å². The molecule has 21 heavy (non-hydrogen) atoms. The van der Waals surface area contributed by atoms with E-state index in [-0.39, 0.29) is 36.2 Å². The second-order valence-electron chi connectivity index (χ2n) is 4.29. The van der Waals surface area contributed by atoms with Crippen molar-refractivity contribution in [2.45, 2.75) is 4.90 Å². The lowest BCUT2D eigenvalue weighted by molar-refractivity contribution is 0.273. The van der Waals surface area contributed by atoms with Crippen LogP contribution in [0.15, 0.2) is 21.6 Å². The molecule has 0 saturated carbocycles. The molecule has 1 aliphatic rings. The monoisotopic (exact) mass is 418 g/mol. The molecule has 118 valence electrons. The average molecular weight is 420 g/mol. The van der Waals surface area contributed by atoms with Gasteiger partial charge in [-0.2, -0.15) is 17.0 Å². The lowest BCUT2D eigenvalue weighted by Crippen LogP contribution is -2.52. The normalized spacial score (nSPS) is 18.8. The van der Waals surface area contributed by atoms with Gasteiger partial charge in [0.05, 0.1) is 0 Å². The van der Waals surface area contributed by atoms with E-state index < -0.39 is 20.2 Å². The van der Waals surface area contributed by atoms with Gasteiger partial charge in [0.25, 0.3) is 10.2 Å². The molecule has 0 atom stereocenters. The Balaban J connectivity index is 2.25. The number of piperazine rings is 1. The van der Waals surface area contributed by atoms with E-state index in [1.54, 1.807) is 0 Å². The van der Waals surface area contributed by atoms with Crippen LogP contribution in [0.5, 0.6) is 0 Å². The molecule has 0 amide bonds. The maximum absolute atomic E-state index is 12.5. The van der Waals surface area contributed by atoms with Gasteiger partial charge in [0, 0.05) is 36.8 Å². The highest BCUT2D eigenvalue weighted by atomic mass is 79.9. The molecular weight excluding hydrogens is 408 g/mol. The SMILES string of the molecule is NS(=O)(=O)N1CCN(S(=O)(=O)c2cc(Br)cnc2Cl)CC1. The van der Waals surface area contributed by atoms with Crippen molar-refractivity contribution in [1.29, 1.82) is 0 Å². The second-order valence-corrected chi connectivity index (χ2v) is 9.02. The zero-order chi connectivity index (χ0) is 15.8. The zero-order valence-corrected chi connectivity index (χ0v) is 14.6. The van der Waals surface area contributed by atoms with Crippen molar-refractivity contribution in [1.82, 2.24) is 13.6 Å². The summed E-state index contributed by atoms with van der Waals surface area (Å²) in [6.07, 6.45) is 1.39. The third kappa shape index (κ3) is 3.73. The number of halogens is 2. The Kier molecular flexibility index (Phi) is 4.93. The van der Waals surface area contributed by atoms with Crippen molar-refractivity contribution >= 4 is 47.8 Å². The molecular formula is C9H12BrClN4O4S2. The molecule has 1 aromatic rings. The van der Waals surface area contributed by atoms with E-state index in [1.807, 2.05) is 0 Å². The smallest absolute Gasteiger partial charge is 0.242 e. The maximum atomic E-state index is 12.5. The topological polar surface area (TPSA) is 114 Å². The van der Waals surface area contributed by atoms with Gasteiger partial charge in [-0.3, -0.25) is 0 Å². The first-order valence-corrected chi connectivity index (χ1v) is 9.83. The van der Waals surface area contributed by atoms with E-state index in [2.05, 4.69) is 20.9 Å². The number of nitrogens with two attached hydrogens (primary N) is 1. The van der Waals surface area contributed by atoms with Gasteiger partial charge in [0.15, 0.2) is 0 Å². The Morgan fingerprint density at radius 3 is 2.19 bits per heavy atom. The molecule has 0 spiro atoms. The summed E-state index contributed by atoms with van der Waals surface area (Å²) in [6.45, 7) is -0.00254. The van der Waals surface area contributed by atoms with Gasteiger partial charge in [0.1, 0.15) is 10.0 Å². The molecule has 12 heteroatoms. The summed E-state index contributed by atoms with van der Waals surface area (Å²) in [5.74, 6) is 0. The Morgan fingerprint density at radius 2 is 1.67 bits per heavy atom. The van der Waals surface area contributed by atoms with Crippen LogP contribution in [0.1, 0.15) is 0 Å². The number of rotatable bonds is 3. The minimum Gasteiger partial charge on any atom is -0.242 e. The fourth-order valence-electron chi connectivity index (χ4n) is 1.89. The van der Waals surface area contributed by atoms with Crippen molar-refractivity contribution in [3.8, 4) is 0 Å². The van der Waals surface area contributed by atoms with E-state index in [9.17, 15) is 16.8 Å². The number of sulfonamides is 1. The quantitative estimate of drug-likeness (QED) is 0.693. The Morgan fingerprint density at radius 1 is 1.14 bits per heavy atom. The molecule has 1 saturated heterocycles. The number of pyridine rings is 1. The molecule has 0 radical (unpaired) electrons. The molecule has 1 aliphatic heterocycles. The molecule has 8 nitrogen and oxygen atoms in total. The van der Waals surface area contributed by atoms with Crippen molar-refractivity contribution in [2.24, 2.45) is 5.14 Å². The Bertz CT molecular complexity index is 747. The number of hydrogen-bond donors (Lipinski definition) is 1. The van der Waals surface area contributed by atoms with Crippen LogP contribution in [0.4, 0.5) is 0 Å². The average Bonchev–Trinajstić information content (AvgIpc) is 2.40. The van der Waals surface area contributed by atoms with Gasteiger partial charge < -0.3 is 0 Å². The second kappa shape index (κ2) is 6.07. The van der Waals surface area contributed by atoms with Gasteiger partial charge in [-0.05, 0) is 22.0 Å². The lowest BCUT2D eigenvalue weighted by atomic mass is 10.4. The van der Waals surface area contributed by atoms with Crippen LogP contribution in [-0.2, 0) is 20.2 Å². The summed E-state index contributed by atoms with van der Waals surface area (Å²) in [5.41, 5.74) is 0. The molecule has 2 N–H and O–H groups in total. The van der Waals surface area contributed by atoms with E-state index in [1.165, 1.54) is 12.3 Å².